The van der Waals surface area contributed by atoms with Gasteiger partial charge in [-0.15, -0.1) is 12.4 Å². The molecule has 2 atom stereocenters. The summed E-state index contributed by atoms with van der Waals surface area (Å²) in [6.07, 6.45) is 5.04. The van der Waals surface area contributed by atoms with Gasteiger partial charge in [-0.2, -0.15) is 0 Å². The van der Waals surface area contributed by atoms with Gasteiger partial charge in [-0.25, -0.2) is 0 Å². The minimum absolute atomic E-state index is 0. The minimum Gasteiger partial charge on any atom is -0.354 e. The van der Waals surface area contributed by atoms with Crippen LogP contribution in [0.5, 0.6) is 0 Å². The molecule has 0 saturated carbocycles. The monoisotopic (exact) mass is 379 g/mol. The Hall–Kier alpha value is -1.59. The summed E-state index contributed by atoms with van der Waals surface area (Å²) in [5.41, 5.74) is 2.01. The van der Waals surface area contributed by atoms with Gasteiger partial charge in [-0.1, -0.05) is 19.1 Å². The molecule has 0 bridgehead atoms. The van der Waals surface area contributed by atoms with E-state index in [0.717, 1.165) is 57.3 Å². The highest BCUT2D eigenvalue weighted by Crippen LogP contribution is 2.19. The average molecular weight is 380 g/mol. The van der Waals surface area contributed by atoms with Gasteiger partial charge in [-0.05, 0) is 62.3 Å². The van der Waals surface area contributed by atoms with Crippen LogP contribution in [0.1, 0.15) is 48.5 Å². The Morgan fingerprint density at radius 2 is 1.96 bits per heavy atom. The highest BCUT2D eigenvalue weighted by atomic mass is 35.5. The molecule has 0 aromatic heterocycles. The predicted octanol–water partition coefficient (Wildman–Crippen LogP) is 2.39. The van der Waals surface area contributed by atoms with Crippen molar-refractivity contribution in [3.8, 4) is 0 Å². The van der Waals surface area contributed by atoms with E-state index in [1.54, 1.807) is 0 Å². The number of nitrogens with one attached hydrogen (secondary N) is 2. The van der Waals surface area contributed by atoms with Gasteiger partial charge in [0.1, 0.15) is 0 Å². The summed E-state index contributed by atoms with van der Waals surface area (Å²) in [6.45, 7) is 5.24. The van der Waals surface area contributed by atoms with Crippen LogP contribution in [-0.4, -0.2) is 48.9 Å². The first-order valence-electron chi connectivity index (χ1n) is 9.56. The Labute approximate surface area is 162 Å². The number of hydrogen-bond donors (Lipinski definition) is 2. The number of likely N-dealkylation sites (tertiary alicyclic amines) is 1. The number of amides is 2. The maximum Gasteiger partial charge on any atom is 0.253 e. The fourth-order valence-corrected chi connectivity index (χ4v) is 3.76. The normalized spacial score (nSPS) is 22.6. The third-order valence-electron chi connectivity index (χ3n) is 5.36. The van der Waals surface area contributed by atoms with Gasteiger partial charge >= 0.3 is 0 Å². The van der Waals surface area contributed by atoms with Crippen molar-refractivity contribution in [3.05, 3.63) is 35.4 Å². The summed E-state index contributed by atoms with van der Waals surface area (Å²) in [5.74, 6) is 0.560. The van der Waals surface area contributed by atoms with Crippen molar-refractivity contribution in [1.29, 1.82) is 0 Å². The number of hydrogen-bond acceptors (Lipinski definition) is 3. The lowest BCUT2D eigenvalue weighted by Crippen LogP contribution is -2.46. The van der Waals surface area contributed by atoms with Crippen LogP contribution < -0.4 is 10.6 Å². The smallest absolute Gasteiger partial charge is 0.253 e. The van der Waals surface area contributed by atoms with Crippen molar-refractivity contribution in [3.63, 3.8) is 0 Å². The molecule has 26 heavy (non-hydrogen) atoms. The summed E-state index contributed by atoms with van der Waals surface area (Å²) >= 11 is 0. The van der Waals surface area contributed by atoms with E-state index < -0.39 is 0 Å². The largest absolute Gasteiger partial charge is 0.354 e. The Balaban J connectivity index is 0.00000243. The summed E-state index contributed by atoms with van der Waals surface area (Å²) in [7, 11) is 0. The Kier molecular flexibility index (Phi) is 7.91. The first-order valence-corrected chi connectivity index (χ1v) is 9.56. The molecule has 2 aliphatic rings. The molecule has 1 aromatic rings. The number of halogens is 1. The van der Waals surface area contributed by atoms with E-state index in [9.17, 15) is 9.59 Å². The molecule has 2 amide bonds. The summed E-state index contributed by atoms with van der Waals surface area (Å²) in [4.78, 5) is 26.8. The number of piperidine rings is 1. The molecule has 2 heterocycles. The standard InChI is InChI=1S/C20H29N3O2.ClH/c1-2-15-7-9-17(10-8-15)20(25)23-12-4-5-16(14-23)13-22-19(24)18-6-3-11-21-18;/h7-10,16,18,21H,2-6,11-14H2,1H3,(H,22,24);1H. The number of aryl methyl sites for hydroxylation is 1. The van der Waals surface area contributed by atoms with E-state index in [1.165, 1.54) is 5.56 Å². The third kappa shape index (κ3) is 5.21. The molecule has 0 spiro atoms. The van der Waals surface area contributed by atoms with Crippen molar-refractivity contribution < 1.29 is 9.59 Å². The minimum atomic E-state index is -0.0293. The highest BCUT2D eigenvalue weighted by Gasteiger charge is 2.26. The second-order valence-electron chi connectivity index (χ2n) is 7.20. The average Bonchev–Trinajstić information content (AvgIpc) is 3.21. The van der Waals surface area contributed by atoms with E-state index >= 15 is 0 Å². The molecule has 2 unspecified atom stereocenters. The van der Waals surface area contributed by atoms with Crippen LogP contribution in [-0.2, 0) is 11.2 Å². The first-order chi connectivity index (χ1) is 12.2. The maximum atomic E-state index is 12.7. The molecule has 5 nitrogen and oxygen atoms in total. The van der Waals surface area contributed by atoms with Crippen LogP contribution in [0.2, 0.25) is 0 Å². The van der Waals surface area contributed by atoms with Gasteiger partial charge in [-0.3, -0.25) is 9.59 Å². The van der Waals surface area contributed by atoms with Gasteiger partial charge in [0, 0.05) is 25.2 Å². The van der Waals surface area contributed by atoms with E-state index in [1.807, 2.05) is 29.2 Å². The predicted molar refractivity (Wildman–Crippen MR) is 106 cm³/mol. The van der Waals surface area contributed by atoms with Crippen LogP contribution in [0.3, 0.4) is 0 Å². The van der Waals surface area contributed by atoms with Crippen LogP contribution >= 0.6 is 12.4 Å². The third-order valence-corrected chi connectivity index (χ3v) is 5.36. The van der Waals surface area contributed by atoms with Crippen molar-refractivity contribution in [1.82, 2.24) is 15.5 Å². The molecule has 0 aliphatic carbocycles. The molecule has 2 fully saturated rings. The summed E-state index contributed by atoms with van der Waals surface area (Å²) in [6, 6.07) is 7.89. The van der Waals surface area contributed by atoms with Crippen LogP contribution in [0.4, 0.5) is 0 Å². The van der Waals surface area contributed by atoms with Crippen LogP contribution in [0.15, 0.2) is 24.3 Å². The lowest BCUT2D eigenvalue weighted by Gasteiger charge is -2.33. The fraction of sp³-hybridized carbons (Fsp3) is 0.600. The SMILES string of the molecule is CCc1ccc(C(=O)N2CCCC(CNC(=O)C3CCCN3)C2)cc1.Cl. The summed E-state index contributed by atoms with van der Waals surface area (Å²) < 4.78 is 0. The molecule has 1 aromatic carbocycles. The molecule has 2 aliphatic heterocycles. The molecular weight excluding hydrogens is 350 g/mol. The molecule has 2 saturated heterocycles. The number of carbonyl (C=O) groups is 2. The lowest BCUT2D eigenvalue weighted by molar-refractivity contribution is -0.123. The lowest BCUT2D eigenvalue weighted by atomic mass is 9.97. The second-order valence-corrected chi connectivity index (χ2v) is 7.20. The van der Waals surface area contributed by atoms with E-state index in [0.29, 0.717) is 12.5 Å². The molecule has 144 valence electrons. The van der Waals surface area contributed by atoms with Gasteiger partial charge < -0.3 is 15.5 Å². The Bertz CT molecular complexity index is 600. The maximum absolute atomic E-state index is 12.7. The number of carbonyl (C=O) groups excluding carboxylic acids is 2. The summed E-state index contributed by atoms with van der Waals surface area (Å²) in [5, 5.41) is 6.29. The quantitative estimate of drug-likeness (QED) is 0.825. The zero-order valence-electron chi connectivity index (χ0n) is 15.5. The van der Waals surface area contributed by atoms with Gasteiger partial charge in [0.2, 0.25) is 5.91 Å². The molecule has 6 heteroatoms. The zero-order chi connectivity index (χ0) is 17.6. The van der Waals surface area contributed by atoms with Gasteiger partial charge in [0.25, 0.3) is 5.91 Å². The van der Waals surface area contributed by atoms with Crippen molar-refractivity contribution in [2.45, 2.75) is 45.1 Å². The second kappa shape index (κ2) is 9.93. The topological polar surface area (TPSA) is 61.4 Å². The van der Waals surface area contributed by atoms with Gasteiger partial charge in [0.05, 0.1) is 6.04 Å². The Morgan fingerprint density at radius 1 is 1.19 bits per heavy atom. The van der Waals surface area contributed by atoms with Crippen molar-refractivity contribution in [2.24, 2.45) is 5.92 Å². The van der Waals surface area contributed by atoms with Crippen molar-refractivity contribution in [2.75, 3.05) is 26.2 Å². The van der Waals surface area contributed by atoms with E-state index in [2.05, 4.69) is 17.6 Å². The molecular formula is C20H30ClN3O2. The Morgan fingerprint density at radius 3 is 2.62 bits per heavy atom. The molecule has 3 rings (SSSR count). The number of rotatable bonds is 5. The van der Waals surface area contributed by atoms with E-state index in [4.69, 9.17) is 0 Å². The number of nitrogens with zero attached hydrogens (tertiary/aromatic N) is 1. The molecule has 0 radical (unpaired) electrons. The fourth-order valence-electron chi connectivity index (χ4n) is 3.76. The first kappa shape index (κ1) is 20.7. The van der Waals surface area contributed by atoms with Crippen LogP contribution in [0, 0.1) is 5.92 Å². The highest BCUT2D eigenvalue weighted by molar-refractivity contribution is 5.94. The van der Waals surface area contributed by atoms with Gasteiger partial charge in [0.15, 0.2) is 0 Å². The van der Waals surface area contributed by atoms with E-state index in [-0.39, 0.29) is 30.3 Å². The van der Waals surface area contributed by atoms with Crippen LogP contribution in [0.25, 0.3) is 0 Å². The zero-order valence-corrected chi connectivity index (χ0v) is 16.3. The number of benzene rings is 1. The van der Waals surface area contributed by atoms with Crippen molar-refractivity contribution >= 4 is 24.2 Å². The molecule has 2 N–H and O–H groups in total.